The van der Waals surface area contributed by atoms with Gasteiger partial charge >= 0.3 is 0 Å². The molecule has 2 aromatic rings. The van der Waals surface area contributed by atoms with Gasteiger partial charge in [-0.1, -0.05) is 47.0 Å². The smallest absolute Gasteiger partial charge is 0.0499 e. The molecule has 0 aliphatic carbocycles. The molecule has 0 N–H and O–H groups in total. The minimum atomic E-state index is 0.683. The third kappa shape index (κ3) is 1.65. The molecule has 2 aromatic carbocycles. The maximum absolute atomic E-state index is 6.03. The molecule has 0 fully saturated rings. The summed E-state index contributed by atoms with van der Waals surface area (Å²) < 4.78 is 0. The zero-order chi connectivity index (χ0) is 9.42. The highest BCUT2D eigenvalue weighted by Crippen LogP contribution is 2.28. The Morgan fingerprint density at radius 3 is 2.54 bits per heavy atom. The Labute approximate surface area is 87.1 Å². The predicted molar refractivity (Wildman–Crippen MR) is 58.7 cm³/mol. The van der Waals surface area contributed by atoms with E-state index in [1.165, 1.54) is 5.56 Å². The fourth-order valence-electron chi connectivity index (χ4n) is 1.41. The number of rotatable bonds is 0. The van der Waals surface area contributed by atoms with Gasteiger partial charge in [0.2, 0.25) is 0 Å². The van der Waals surface area contributed by atoms with E-state index in [4.69, 9.17) is 23.2 Å². The molecule has 0 nitrogen and oxygen atoms in total. The first-order valence-corrected chi connectivity index (χ1v) is 4.78. The number of halogens is 2. The average Bonchev–Trinajstić information content (AvgIpc) is 2.02. The Bertz CT molecular complexity index is 456. The first kappa shape index (κ1) is 8.86. The lowest BCUT2D eigenvalue weighted by atomic mass is 10.1. The van der Waals surface area contributed by atoms with Crippen LogP contribution in [0.25, 0.3) is 10.8 Å². The van der Waals surface area contributed by atoms with E-state index in [0.717, 1.165) is 10.8 Å². The largest absolute Gasteiger partial charge is 0.0843 e. The second-order valence-corrected chi connectivity index (χ2v) is 3.96. The summed E-state index contributed by atoms with van der Waals surface area (Å²) in [5.74, 6) is 0. The third-order valence-electron chi connectivity index (χ3n) is 2.02. The maximum atomic E-state index is 6.03. The monoisotopic (exact) mass is 210 g/mol. The van der Waals surface area contributed by atoms with E-state index in [0.29, 0.717) is 10.0 Å². The Hall–Kier alpha value is -0.720. The number of fused-ring (bicyclic) bond motifs is 1. The van der Waals surface area contributed by atoms with Gasteiger partial charge in [-0.3, -0.25) is 0 Å². The highest BCUT2D eigenvalue weighted by molar-refractivity contribution is 6.38. The molecule has 0 atom stereocenters. The summed E-state index contributed by atoms with van der Waals surface area (Å²) in [7, 11) is 0. The van der Waals surface area contributed by atoms with Gasteiger partial charge < -0.3 is 0 Å². The van der Waals surface area contributed by atoms with E-state index >= 15 is 0 Å². The van der Waals surface area contributed by atoms with Crippen molar-refractivity contribution in [1.82, 2.24) is 0 Å². The van der Waals surface area contributed by atoms with Crippen LogP contribution in [0, 0.1) is 6.92 Å². The first-order chi connectivity index (χ1) is 6.16. The molecule has 13 heavy (non-hydrogen) atoms. The molecule has 0 saturated carbocycles. The molecule has 0 unspecified atom stereocenters. The van der Waals surface area contributed by atoms with Gasteiger partial charge in [-0.25, -0.2) is 0 Å². The van der Waals surface area contributed by atoms with Gasteiger partial charge in [-0.05, 0) is 24.4 Å². The van der Waals surface area contributed by atoms with Crippen molar-refractivity contribution in [2.45, 2.75) is 6.92 Å². The Morgan fingerprint density at radius 1 is 1.00 bits per heavy atom. The molecule has 2 rings (SSSR count). The molecule has 0 amide bonds. The van der Waals surface area contributed by atoms with Crippen LogP contribution in [-0.4, -0.2) is 0 Å². The van der Waals surface area contributed by atoms with Gasteiger partial charge in [0.05, 0.1) is 0 Å². The van der Waals surface area contributed by atoms with Crippen LogP contribution in [0.4, 0.5) is 0 Å². The van der Waals surface area contributed by atoms with Crippen LogP contribution in [0.1, 0.15) is 5.56 Å². The molecule has 0 radical (unpaired) electrons. The lowest BCUT2D eigenvalue weighted by Crippen LogP contribution is -1.77. The van der Waals surface area contributed by atoms with Crippen molar-refractivity contribution in [2.75, 3.05) is 0 Å². The van der Waals surface area contributed by atoms with E-state index in [1.807, 2.05) is 25.1 Å². The summed E-state index contributed by atoms with van der Waals surface area (Å²) >= 11 is 11.9. The minimum Gasteiger partial charge on any atom is -0.0843 e. The van der Waals surface area contributed by atoms with Crippen molar-refractivity contribution in [3.8, 4) is 0 Å². The van der Waals surface area contributed by atoms with Gasteiger partial charge in [0.1, 0.15) is 0 Å². The predicted octanol–water partition coefficient (Wildman–Crippen LogP) is 4.46. The van der Waals surface area contributed by atoms with Crippen molar-refractivity contribution in [3.63, 3.8) is 0 Å². The molecule has 66 valence electrons. The van der Waals surface area contributed by atoms with Gasteiger partial charge in [0, 0.05) is 15.4 Å². The van der Waals surface area contributed by atoms with Crippen LogP contribution in [0.3, 0.4) is 0 Å². The van der Waals surface area contributed by atoms with Gasteiger partial charge in [-0.15, -0.1) is 0 Å². The number of hydrogen-bond donors (Lipinski definition) is 0. The number of hydrogen-bond acceptors (Lipinski definition) is 0. The van der Waals surface area contributed by atoms with Crippen molar-refractivity contribution in [2.24, 2.45) is 0 Å². The highest BCUT2D eigenvalue weighted by Gasteiger charge is 2.00. The van der Waals surface area contributed by atoms with E-state index in [2.05, 4.69) is 6.07 Å². The molecule has 0 spiro atoms. The molecule has 0 aliphatic heterocycles. The number of aryl methyl sites for hydroxylation is 1. The maximum Gasteiger partial charge on any atom is 0.0499 e. The minimum absolute atomic E-state index is 0.683. The SMILES string of the molecule is Cc1ccc2c(Cl)cc(Cl)cc2c1. The Morgan fingerprint density at radius 2 is 1.77 bits per heavy atom. The topological polar surface area (TPSA) is 0 Å². The summed E-state index contributed by atoms with van der Waals surface area (Å²) in [6.07, 6.45) is 0. The summed E-state index contributed by atoms with van der Waals surface area (Å²) in [6, 6.07) is 9.83. The van der Waals surface area contributed by atoms with Crippen molar-refractivity contribution < 1.29 is 0 Å². The number of benzene rings is 2. The molecular formula is C11H8Cl2. The van der Waals surface area contributed by atoms with Crippen LogP contribution in [0.5, 0.6) is 0 Å². The van der Waals surface area contributed by atoms with Crippen LogP contribution in [0.15, 0.2) is 30.3 Å². The van der Waals surface area contributed by atoms with Gasteiger partial charge in [-0.2, -0.15) is 0 Å². The Balaban J connectivity index is 2.86. The van der Waals surface area contributed by atoms with Gasteiger partial charge in [0.25, 0.3) is 0 Å². The van der Waals surface area contributed by atoms with Crippen LogP contribution >= 0.6 is 23.2 Å². The second kappa shape index (κ2) is 3.21. The van der Waals surface area contributed by atoms with E-state index in [-0.39, 0.29) is 0 Å². The lowest BCUT2D eigenvalue weighted by Gasteiger charge is -2.02. The molecule has 0 aliphatic rings. The van der Waals surface area contributed by atoms with Crippen molar-refractivity contribution in [1.29, 1.82) is 0 Å². The lowest BCUT2D eigenvalue weighted by molar-refractivity contribution is 1.51. The van der Waals surface area contributed by atoms with Crippen LogP contribution in [0.2, 0.25) is 10.0 Å². The third-order valence-corrected chi connectivity index (χ3v) is 2.55. The quantitative estimate of drug-likeness (QED) is 0.603. The summed E-state index contributed by atoms with van der Waals surface area (Å²) in [4.78, 5) is 0. The van der Waals surface area contributed by atoms with Crippen molar-refractivity contribution in [3.05, 3.63) is 45.9 Å². The average molecular weight is 211 g/mol. The standard InChI is InChI=1S/C11H8Cl2/c1-7-2-3-10-8(4-7)5-9(12)6-11(10)13/h2-6H,1H3. The zero-order valence-electron chi connectivity index (χ0n) is 7.14. The molecule has 2 heteroatoms. The highest BCUT2D eigenvalue weighted by atomic mass is 35.5. The molecule has 0 heterocycles. The fourth-order valence-corrected chi connectivity index (χ4v) is 1.98. The van der Waals surface area contributed by atoms with E-state index < -0.39 is 0 Å². The first-order valence-electron chi connectivity index (χ1n) is 4.02. The second-order valence-electron chi connectivity index (χ2n) is 3.11. The summed E-state index contributed by atoms with van der Waals surface area (Å²) in [5.41, 5.74) is 1.21. The normalized spacial score (nSPS) is 10.7. The molecule has 0 aromatic heterocycles. The summed E-state index contributed by atoms with van der Waals surface area (Å²) in [6.45, 7) is 2.05. The molecule has 0 bridgehead atoms. The van der Waals surface area contributed by atoms with E-state index in [1.54, 1.807) is 6.07 Å². The van der Waals surface area contributed by atoms with Crippen molar-refractivity contribution >= 4 is 34.0 Å². The van der Waals surface area contributed by atoms with Gasteiger partial charge in [0.15, 0.2) is 0 Å². The summed E-state index contributed by atoms with van der Waals surface area (Å²) in [5, 5.41) is 3.54. The fraction of sp³-hybridized carbons (Fsp3) is 0.0909. The van der Waals surface area contributed by atoms with E-state index in [9.17, 15) is 0 Å². The molecular weight excluding hydrogens is 203 g/mol. The Kier molecular flexibility index (Phi) is 2.19. The zero-order valence-corrected chi connectivity index (χ0v) is 8.65. The van der Waals surface area contributed by atoms with Crippen LogP contribution in [-0.2, 0) is 0 Å². The molecule has 0 saturated heterocycles. The van der Waals surface area contributed by atoms with Crippen LogP contribution < -0.4 is 0 Å².